The molecular weight excluding hydrogens is 397 g/mol. The minimum absolute atomic E-state index is 0.0437. The molecule has 0 aliphatic rings. The second kappa shape index (κ2) is 6.20. The molecule has 114 valence electrons. The maximum Gasteiger partial charge on any atom is 0.264 e. The molecule has 0 amide bonds. The maximum absolute atomic E-state index is 13.4. The molecule has 5 nitrogen and oxygen atoms in total. The first kappa shape index (κ1) is 16.7. The van der Waals surface area contributed by atoms with Crippen molar-refractivity contribution in [3.63, 3.8) is 0 Å². The molecule has 0 aliphatic heterocycles. The summed E-state index contributed by atoms with van der Waals surface area (Å²) in [6, 6.07) is 5.22. The van der Waals surface area contributed by atoms with Crippen molar-refractivity contribution >= 4 is 43.4 Å². The van der Waals surface area contributed by atoms with Gasteiger partial charge in [0.05, 0.1) is 15.1 Å². The first-order valence-electron chi connectivity index (χ1n) is 5.78. The molecule has 0 fully saturated rings. The Labute approximate surface area is 139 Å². The summed E-state index contributed by atoms with van der Waals surface area (Å²) in [5.74, 6) is -0.643. The molecule has 1 N–H and O–H groups in total. The van der Waals surface area contributed by atoms with E-state index in [1.165, 1.54) is 19.2 Å². The lowest BCUT2D eigenvalue weighted by Gasteiger charge is -2.10. The van der Waals surface area contributed by atoms with Crippen LogP contribution in [-0.4, -0.2) is 13.4 Å². The van der Waals surface area contributed by atoms with Crippen molar-refractivity contribution in [3.05, 3.63) is 50.8 Å². The van der Waals surface area contributed by atoms with Gasteiger partial charge in [0.25, 0.3) is 10.0 Å². The van der Waals surface area contributed by atoms with Crippen LogP contribution in [0.1, 0.15) is 11.1 Å². The van der Waals surface area contributed by atoms with Crippen LogP contribution in [-0.2, 0) is 10.0 Å². The van der Waals surface area contributed by atoms with Crippen molar-refractivity contribution in [1.29, 1.82) is 5.26 Å². The first-order valence-corrected chi connectivity index (χ1v) is 8.44. The van der Waals surface area contributed by atoms with Gasteiger partial charge in [-0.05, 0) is 40.5 Å². The number of pyridine rings is 1. The van der Waals surface area contributed by atoms with Crippen molar-refractivity contribution in [2.75, 3.05) is 4.72 Å². The van der Waals surface area contributed by atoms with Gasteiger partial charge in [-0.1, -0.05) is 11.6 Å². The highest BCUT2D eigenvalue weighted by atomic mass is 79.9. The molecule has 9 heteroatoms. The van der Waals surface area contributed by atoms with Crippen LogP contribution in [0.15, 0.2) is 33.8 Å². The van der Waals surface area contributed by atoms with Gasteiger partial charge in [-0.3, -0.25) is 4.72 Å². The summed E-state index contributed by atoms with van der Waals surface area (Å²) in [7, 11) is -4.06. The predicted molar refractivity (Wildman–Crippen MR) is 83.6 cm³/mol. The Bertz CT molecular complexity index is 897. The molecule has 0 saturated carbocycles. The molecule has 0 atom stereocenters. The summed E-state index contributed by atoms with van der Waals surface area (Å²) < 4.78 is 40.6. The molecule has 1 aromatic carbocycles. The molecule has 2 rings (SSSR count). The number of sulfonamides is 1. The molecule has 0 bridgehead atoms. The van der Waals surface area contributed by atoms with Crippen LogP contribution in [0.3, 0.4) is 0 Å². The number of rotatable bonds is 3. The van der Waals surface area contributed by atoms with Crippen molar-refractivity contribution in [2.24, 2.45) is 0 Å². The number of nitriles is 1. The second-order valence-corrected chi connectivity index (χ2v) is 7.21. The van der Waals surface area contributed by atoms with Crippen LogP contribution in [0.25, 0.3) is 0 Å². The van der Waals surface area contributed by atoms with Gasteiger partial charge in [-0.2, -0.15) is 5.26 Å². The summed E-state index contributed by atoms with van der Waals surface area (Å²) >= 11 is 8.92. The largest absolute Gasteiger partial charge is 0.264 e. The number of anilines is 1. The summed E-state index contributed by atoms with van der Waals surface area (Å²) in [6.07, 6.45) is 1.30. The first-order chi connectivity index (χ1) is 10.2. The van der Waals surface area contributed by atoms with E-state index < -0.39 is 15.8 Å². The summed E-state index contributed by atoms with van der Waals surface area (Å²) in [5, 5.41) is 8.68. The standard InChI is InChI=1S/C13H8BrClFN3O2S/c1-7-2-12(10(15)4-11(7)16)22(20,21)19-13-3-8(5-17)9(14)6-18-13/h2-4,6H,1H3,(H,18,19). The third-order valence-corrected chi connectivity index (χ3v) is 5.17. The maximum atomic E-state index is 13.4. The van der Waals surface area contributed by atoms with Crippen molar-refractivity contribution in [3.8, 4) is 6.07 Å². The number of aryl methyl sites for hydroxylation is 1. The van der Waals surface area contributed by atoms with E-state index in [0.717, 1.165) is 12.1 Å². The summed E-state index contributed by atoms with van der Waals surface area (Å²) in [6.45, 7) is 1.43. The van der Waals surface area contributed by atoms with Crippen molar-refractivity contribution < 1.29 is 12.8 Å². The fourth-order valence-corrected chi connectivity index (χ4v) is 3.51. The highest BCUT2D eigenvalue weighted by Gasteiger charge is 2.21. The molecule has 0 saturated heterocycles. The summed E-state index contributed by atoms with van der Waals surface area (Å²) in [4.78, 5) is 3.59. The Morgan fingerprint density at radius 3 is 2.73 bits per heavy atom. The normalized spacial score (nSPS) is 11.0. The van der Waals surface area contributed by atoms with Crippen molar-refractivity contribution in [1.82, 2.24) is 4.98 Å². The fraction of sp³-hybridized carbons (Fsp3) is 0.0769. The van der Waals surface area contributed by atoms with Crippen LogP contribution in [0.5, 0.6) is 0 Å². The van der Waals surface area contributed by atoms with Crippen LogP contribution < -0.4 is 4.72 Å². The number of halogens is 3. The Balaban J connectivity index is 2.45. The van der Waals surface area contributed by atoms with E-state index in [0.29, 0.717) is 4.47 Å². The van der Waals surface area contributed by atoms with E-state index in [1.54, 1.807) is 0 Å². The molecule has 0 spiro atoms. The topological polar surface area (TPSA) is 82.9 Å². The van der Waals surface area contributed by atoms with Gasteiger partial charge in [0.2, 0.25) is 0 Å². The highest BCUT2D eigenvalue weighted by molar-refractivity contribution is 9.10. The molecule has 2 aromatic rings. The van der Waals surface area contributed by atoms with E-state index in [1.807, 2.05) is 6.07 Å². The molecular formula is C13H8BrClFN3O2S. The SMILES string of the molecule is Cc1cc(S(=O)(=O)Nc2cc(C#N)c(Br)cn2)c(Cl)cc1F. The average molecular weight is 405 g/mol. The number of hydrogen-bond donors (Lipinski definition) is 1. The third kappa shape index (κ3) is 3.38. The zero-order chi connectivity index (χ0) is 16.5. The van der Waals surface area contributed by atoms with Crippen LogP contribution in [0.2, 0.25) is 5.02 Å². The quantitative estimate of drug-likeness (QED) is 0.847. The third-order valence-electron chi connectivity index (χ3n) is 2.72. The second-order valence-electron chi connectivity index (χ2n) is 4.30. The predicted octanol–water partition coefficient (Wildman–Crippen LogP) is 3.62. The molecule has 1 aromatic heterocycles. The number of nitrogens with one attached hydrogen (secondary N) is 1. The van der Waals surface area contributed by atoms with Crippen LogP contribution >= 0.6 is 27.5 Å². The van der Waals surface area contributed by atoms with Gasteiger partial charge in [0.1, 0.15) is 22.6 Å². The fourth-order valence-electron chi connectivity index (χ4n) is 1.61. The van der Waals surface area contributed by atoms with E-state index in [4.69, 9.17) is 16.9 Å². The lowest BCUT2D eigenvalue weighted by atomic mass is 10.2. The van der Waals surface area contributed by atoms with Gasteiger partial charge >= 0.3 is 0 Å². The van der Waals surface area contributed by atoms with Gasteiger partial charge in [0.15, 0.2) is 0 Å². The Hall–Kier alpha value is -1.69. The van der Waals surface area contributed by atoms with Gasteiger partial charge in [-0.25, -0.2) is 17.8 Å². The molecule has 0 aliphatic carbocycles. The molecule has 0 radical (unpaired) electrons. The molecule has 1 heterocycles. The Morgan fingerprint density at radius 2 is 2.09 bits per heavy atom. The van der Waals surface area contributed by atoms with Gasteiger partial charge in [0, 0.05) is 12.3 Å². The number of benzene rings is 1. The van der Waals surface area contributed by atoms with Crippen LogP contribution in [0.4, 0.5) is 10.2 Å². The average Bonchev–Trinajstić information content (AvgIpc) is 2.44. The highest BCUT2D eigenvalue weighted by Crippen LogP contribution is 2.27. The van der Waals surface area contributed by atoms with E-state index >= 15 is 0 Å². The summed E-state index contributed by atoms with van der Waals surface area (Å²) in [5.41, 5.74) is 0.361. The minimum Gasteiger partial charge on any atom is -0.263 e. The number of hydrogen-bond acceptors (Lipinski definition) is 4. The van der Waals surface area contributed by atoms with Gasteiger partial charge < -0.3 is 0 Å². The lowest BCUT2D eigenvalue weighted by molar-refractivity contribution is 0.598. The smallest absolute Gasteiger partial charge is 0.263 e. The molecule has 22 heavy (non-hydrogen) atoms. The zero-order valence-electron chi connectivity index (χ0n) is 11.1. The molecule has 0 unspecified atom stereocenters. The van der Waals surface area contributed by atoms with E-state index in [9.17, 15) is 12.8 Å². The van der Waals surface area contributed by atoms with Crippen molar-refractivity contribution in [2.45, 2.75) is 11.8 Å². The van der Waals surface area contributed by atoms with Gasteiger partial charge in [-0.15, -0.1) is 0 Å². The van der Waals surface area contributed by atoms with Crippen LogP contribution in [0, 0.1) is 24.1 Å². The monoisotopic (exact) mass is 403 g/mol. The minimum atomic E-state index is -4.06. The Kier molecular flexibility index (Phi) is 4.70. The number of aromatic nitrogens is 1. The zero-order valence-corrected chi connectivity index (χ0v) is 14.2. The Morgan fingerprint density at radius 1 is 1.41 bits per heavy atom. The number of nitrogens with zero attached hydrogens (tertiary/aromatic N) is 2. The lowest BCUT2D eigenvalue weighted by Crippen LogP contribution is -2.15. The van der Waals surface area contributed by atoms with E-state index in [2.05, 4.69) is 25.6 Å². The van der Waals surface area contributed by atoms with E-state index in [-0.39, 0.29) is 26.9 Å².